The Bertz CT molecular complexity index is 3600. The van der Waals surface area contributed by atoms with Crippen LogP contribution in [-0.2, 0) is 22.4 Å². The number of likely N-dealkylation sites (tertiary alicyclic amines) is 4. The number of amides is 1. The molecule has 6 aromatic carbocycles. The van der Waals surface area contributed by atoms with Crippen LogP contribution in [0.4, 0.5) is 10.1 Å². The summed E-state index contributed by atoms with van der Waals surface area (Å²) in [6.07, 6.45) is 14.2. The van der Waals surface area contributed by atoms with E-state index >= 15 is 0 Å². The second-order valence-electron chi connectivity index (χ2n) is 25.7. The summed E-state index contributed by atoms with van der Waals surface area (Å²) >= 11 is 30.0. The van der Waals surface area contributed by atoms with Gasteiger partial charge in [-0.15, -0.1) is 0 Å². The summed E-state index contributed by atoms with van der Waals surface area (Å²) in [6.45, 7) is 13.6. The van der Waals surface area contributed by atoms with E-state index in [2.05, 4.69) is 40.9 Å². The molecule has 0 saturated carbocycles. The molecule has 5 fully saturated rings. The number of aromatic nitrogens is 1. The first kappa shape index (κ1) is 73.9. The third-order valence-corrected chi connectivity index (χ3v) is 20.6. The fourth-order valence-electron chi connectivity index (χ4n) is 13.5. The quantitative estimate of drug-likeness (QED) is 0.0469. The number of hydrogen-bond donors (Lipinski definition) is 4. The minimum atomic E-state index is -0.805. The molecule has 1 atom stereocenters. The molecule has 5 saturated heterocycles. The minimum Gasteiger partial charge on any atom is -0.490 e. The van der Waals surface area contributed by atoms with Gasteiger partial charge in [0.15, 0.2) is 0 Å². The van der Waals surface area contributed by atoms with E-state index in [0.29, 0.717) is 55.5 Å². The highest BCUT2D eigenvalue weighted by Gasteiger charge is 2.32. The maximum atomic E-state index is 13.2. The lowest BCUT2D eigenvalue weighted by Crippen LogP contribution is -2.48. The van der Waals surface area contributed by atoms with Crippen molar-refractivity contribution in [1.82, 2.24) is 29.9 Å². The monoisotopic (exact) mass is 1420 g/mol. The van der Waals surface area contributed by atoms with Gasteiger partial charge in [-0.25, -0.2) is 4.39 Å². The number of para-hydroxylation sites is 1. The molecule has 6 N–H and O–H groups in total. The van der Waals surface area contributed by atoms with Gasteiger partial charge in [0.05, 0.1) is 32.1 Å². The Morgan fingerprint density at radius 2 is 1.08 bits per heavy atom. The number of carboxylic acid groups (broad SMARTS) is 2. The van der Waals surface area contributed by atoms with Crippen LogP contribution in [0, 0.1) is 17.7 Å². The third kappa shape index (κ3) is 22.6. The Balaban J connectivity index is 0.000000264. The maximum Gasteiger partial charge on any atom is 0.321 e. The second-order valence-corrected chi connectivity index (χ2v) is 27.8. The number of carbonyl (C=O) groups is 3. The number of nitrogens with one attached hydrogen (secondary N) is 2. The van der Waals surface area contributed by atoms with Gasteiger partial charge in [0.2, 0.25) is 0 Å². The predicted octanol–water partition coefficient (Wildman–Crippen LogP) is 15.4. The summed E-state index contributed by atoms with van der Waals surface area (Å²) in [4.78, 5) is 50.5. The first-order valence-electron chi connectivity index (χ1n) is 33.5. The molecule has 0 spiro atoms. The van der Waals surface area contributed by atoms with Crippen LogP contribution in [0.2, 0.25) is 25.1 Å². The number of halogens is 6. The highest BCUT2D eigenvalue weighted by Crippen LogP contribution is 2.32. The van der Waals surface area contributed by atoms with Crippen molar-refractivity contribution in [3.63, 3.8) is 0 Å². The average Bonchev–Trinajstić information content (AvgIpc) is 1.64. The Hall–Kier alpha value is -6.35. The van der Waals surface area contributed by atoms with E-state index in [4.69, 9.17) is 77.3 Å². The van der Waals surface area contributed by atoms with Gasteiger partial charge in [-0.05, 0) is 199 Å². The first-order chi connectivity index (χ1) is 46.0. The normalized spacial score (nSPS) is 17.9. The van der Waals surface area contributed by atoms with Crippen LogP contribution < -0.4 is 24.4 Å². The van der Waals surface area contributed by atoms with E-state index < -0.39 is 18.0 Å². The molecule has 5 aliphatic heterocycles. The zero-order valence-electron chi connectivity index (χ0n) is 54.2. The molecule has 0 unspecified atom stereocenters. The number of carbonyl (C=O) groups excluding carboxylic acids is 1. The first-order valence-corrected chi connectivity index (χ1v) is 35.4. The number of piperidine rings is 5. The molecule has 96 heavy (non-hydrogen) atoms. The van der Waals surface area contributed by atoms with Crippen LogP contribution >= 0.6 is 58.0 Å². The number of fused-ring (bicyclic) bond motifs is 1. The predicted molar refractivity (Wildman–Crippen MR) is 391 cm³/mol. The Kier molecular flexibility index (Phi) is 28.5. The van der Waals surface area contributed by atoms with Crippen LogP contribution in [0.1, 0.15) is 97.8 Å². The van der Waals surface area contributed by atoms with Crippen molar-refractivity contribution in [3.8, 4) is 17.2 Å². The number of carboxylic acids is 2. The van der Waals surface area contributed by atoms with E-state index in [1.807, 2.05) is 78.9 Å². The summed E-state index contributed by atoms with van der Waals surface area (Å²) < 4.78 is 31.4. The molecule has 6 heterocycles. The summed E-state index contributed by atoms with van der Waals surface area (Å²) in [6, 6.07) is 39.8. The Labute approximate surface area is 594 Å². The highest BCUT2D eigenvalue weighted by atomic mass is 35.5. The molecule has 1 amide bonds. The average molecular weight is 1420 g/mol. The zero-order valence-corrected chi connectivity index (χ0v) is 58.0. The van der Waals surface area contributed by atoms with Crippen molar-refractivity contribution in [2.45, 2.75) is 108 Å². The van der Waals surface area contributed by atoms with Crippen LogP contribution in [0.25, 0.3) is 10.9 Å². The molecule has 7 aromatic rings. The van der Waals surface area contributed by atoms with Crippen molar-refractivity contribution in [3.05, 3.63) is 187 Å². The molecule has 524 valence electrons. The van der Waals surface area contributed by atoms with Crippen LogP contribution in [0.3, 0.4) is 0 Å². The molecule has 22 heteroatoms. The number of aromatic amines is 1. The van der Waals surface area contributed by atoms with Crippen molar-refractivity contribution < 1.29 is 54.4 Å². The number of anilines is 1. The van der Waals surface area contributed by atoms with E-state index in [9.17, 15) is 23.9 Å². The number of aliphatic carboxylic acids is 2. The van der Waals surface area contributed by atoms with Crippen LogP contribution in [0.15, 0.2) is 140 Å². The lowest BCUT2D eigenvalue weighted by molar-refractivity contribution is -0.144. The van der Waals surface area contributed by atoms with Gasteiger partial charge in [-0.1, -0.05) is 100 Å². The van der Waals surface area contributed by atoms with E-state index in [1.54, 1.807) is 42.6 Å². The van der Waals surface area contributed by atoms with Crippen molar-refractivity contribution in [2.24, 2.45) is 11.8 Å². The van der Waals surface area contributed by atoms with Gasteiger partial charge < -0.3 is 59.8 Å². The molecule has 16 nitrogen and oxygen atoms in total. The zero-order chi connectivity index (χ0) is 66.6. The number of H-pyrrole nitrogens is 1. The van der Waals surface area contributed by atoms with Gasteiger partial charge in [0, 0.05) is 118 Å². The number of hydrogen-bond acceptors (Lipinski definition) is 11. The van der Waals surface area contributed by atoms with E-state index in [0.717, 1.165) is 188 Å². The lowest BCUT2D eigenvalue weighted by Gasteiger charge is -2.39. The summed E-state index contributed by atoms with van der Waals surface area (Å²) in [7, 11) is 0. The highest BCUT2D eigenvalue weighted by molar-refractivity contribution is 6.42. The molecule has 5 aliphatic rings. The van der Waals surface area contributed by atoms with Crippen molar-refractivity contribution in [1.29, 1.82) is 0 Å². The standard InChI is InChI=1S/C26H32ClFN2O3.C25H30Cl2N2O3.C23H25Cl2N3O2.H2O.4H2/c27-21-3-7-23(8-4-21)33-24-11-13-29(14-12-24)18-20-9-15-30(16-10-20)25(26(31)32)17-19-1-5-22(28)6-2-19;26-23-5-4-22(16-24(23)27)32-21-8-10-28(11-9-21)17-18-6-12-29(13-7-18)20-3-1-2-19(14-20)15-25(30)31;24-20-7-6-17(14-21(20)25)30-16-8-12-28(13-9-16)11-3-10-26-23(29)19-15-27-22-5-2-1-4-18(19)22;;;;;/h1-8,20,24-25H,9-18H2,(H,31,32);1-5,14,16,18,21H,6-13,15,17H2,(H,30,31);1-2,4-7,14-16,27H,3,8-13H2,(H,26,29);1H2;4*1H/t25-;;;;;;;/m0......./s1. The molecule has 12 rings (SSSR count). The largest absolute Gasteiger partial charge is 0.490 e. The molecular weight excluding hydrogens is 1330 g/mol. The minimum absolute atomic E-state index is 0. The van der Waals surface area contributed by atoms with Crippen LogP contribution in [-0.4, -0.2) is 174 Å². The lowest BCUT2D eigenvalue weighted by atomic mass is 9.93. The van der Waals surface area contributed by atoms with Gasteiger partial charge in [-0.3, -0.25) is 19.3 Å². The number of benzene rings is 6. The van der Waals surface area contributed by atoms with Crippen molar-refractivity contribution in [2.75, 3.05) is 96.5 Å². The van der Waals surface area contributed by atoms with Gasteiger partial charge in [0.25, 0.3) is 5.91 Å². The molecule has 0 bridgehead atoms. The Morgan fingerprint density at radius 3 is 1.62 bits per heavy atom. The van der Waals surface area contributed by atoms with Crippen LogP contribution in [0.5, 0.6) is 17.2 Å². The third-order valence-electron chi connectivity index (χ3n) is 18.9. The fraction of sp³-hybridized carbons (Fsp3) is 0.446. The fourth-order valence-corrected chi connectivity index (χ4v) is 14.2. The molecule has 0 aliphatic carbocycles. The maximum absolute atomic E-state index is 13.2. The molecular formula is C74H97Cl5FN7O9. The summed E-state index contributed by atoms with van der Waals surface area (Å²) in [5.41, 5.74) is 4.54. The topological polar surface area (TPSA) is 195 Å². The van der Waals surface area contributed by atoms with E-state index in [-0.39, 0.29) is 47.6 Å². The van der Waals surface area contributed by atoms with Gasteiger partial charge in [-0.2, -0.15) is 0 Å². The smallest absolute Gasteiger partial charge is 0.321 e. The van der Waals surface area contributed by atoms with Gasteiger partial charge >= 0.3 is 11.9 Å². The van der Waals surface area contributed by atoms with Gasteiger partial charge in [0.1, 0.15) is 47.4 Å². The van der Waals surface area contributed by atoms with Crippen molar-refractivity contribution >= 4 is 92.4 Å². The summed E-state index contributed by atoms with van der Waals surface area (Å²) in [5, 5.41) is 25.6. The molecule has 1 aromatic heterocycles. The van der Waals surface area contributed by atoms with E-state index in [1.165, 1.54) is 25.0 Å². The number of nitrogens with zero attached hydrogens (tertiary/aromatic N) is 5. The number of rotatable bonds is 22. The summed E-state index contributed by atoms with van der Waals surface area (Å²) in [5.74, 6) is 1.82. The SMILES string of the molecule is O.O=C(NCCCN1CCC(Oc2ccc(Cl)c(Cl)c2)CC1)c1c[nH]c2ccccc12.O=C(O)Cc1cccc(N2CCC(CN3CCC(Oc4ccc(Cl)c(Cl)c4)CC3)CC2)c1.O=C(O)[C@H](Cc1ccc(F)cc1)N1CCC(CN2CCC(Oc3ccc(Cl)cc3)CC2)CC1.[HH].[HH].[HH].[HH]. The number of ether oxygens (including phenoxy) is 3. The second kappa shape index (κ2) is 37.0. The molecule has 0 radical (unpaired) electrons. The Morgan fingerprint density at radius 1 is 0.562 bits per heavy atom.